The van der Waals surface area contributed by atoms with Crippen LogP contribution in [-0.2, 0) is 0 Å². The van der Waals surface area contributed by atoms with Crippen LogP contribution in [0, 0.1) is 6.07 Å². The van der Waals surface area contributed by atoms with Gasteiger partial charge in [-0.05, 0) is 10.4 Å². The summed E-state index contributed by atoms with van der Waals surface area (Å²) in [7, 11) is 0. The van der Waals surface area contributed by atoms with Crippen molar-refractivity contribution in [1.29, 1.82) is 0 Å². The van der Waals surface area contributed by atoms with E-state index < -0.39 is 0 Å². The van der Waals surface area contributed by atoms with Crippen LogP contribution in [0.1, 0.15) is 6.42 Å². The Morgan fingerprint density at radius 1 is 1.23 bits per heavy atom. The van der Waals surface area contributed by atoms with E-state index in [2.05, 4.69) is 17.0 Å². The van der Waals surface area contributed by atoms with Gasteiger partial charge in [0.05, 0.1) is 12.5 Å². The molecule has 0 heterocycles. The molecule has 0 atom stereocenters. The first-order chi connectivity index (χ1) is 6.45. The van der Waals surface area contributed by atoms with Crippen molar-refractivity contribution in [2.75, 3.05) is 0 Å². The Morgan fingerprint density at radius 2 is 2.08 bits per heavy atom. The molecule has 0 aliphatic heterocycles. The number of allylic oxidation sites excluding steroid dienone is 9. The molecule has 0 aromatic rings. The Morgan fingerprint density at radius 3 is 2.77 bits per heavy atom. The smallest absolute Gasteiger partial charge is 0.0726 e. The summed E-state index contributed by atoms with van der Waals surface area (Å²) in [5.74, 6) is 0. The summed E-state index contributed by atoms with van der Waals surface area (Å²) < 4.78 is 0. The molecule has 13 heavy (non-hydrogen) atoms. The molecule has 0 bridgehead atoms. The van der Waals surface area contributed by atoms with Gasteiger partial charge in [0.15, 0.2) is 0 Å². The van der Waals surface area contributed by atoms with Gasteiger partial charge in [-0.3, -0.25) is 0 Å². The molecule has 2 rings (SSSR count). The molecule has 1 heteroatoms. The Balaban J connectivity index is 2.01. The summed E-state index contributed by atoms with van der Waals surface area (Å²) in [6.45, 7) is 0. The van der Waals surface area contributed by atoms with Crippen molar-refractivity contribution in [2.45, 2.75) is 6.42 Å². The van der Waals surface area contributed by atoms with E-state index in [1.807, 2.05) is 42.5 Å². The highest BCUT2D eigenvalue weighted by Gasteiger charge is 2.05. The molecule has 0 spiro atoms. The minimum Gasteiger partial charge on any atom is -0.0726 e. The van der Waals surface area contributed by atoms with E-state index >= 15 is 0 Å². The van der Waals surface area contributed by atoms with Gasteiger partial charge in [-0.25, -0.2) is 0 Å². The third-order valence-corrected chi connectivity index (χ3v) is 1.88. The maximum Gasteiger partial charge on any atom is 0.321 e. The Kier molecular flexibility index (Phi) is 2.24. The molecule has 1 nitrogen and oxygen atoms in total. The molecular formula is C12H10N+. The van der Waals surface area contributed by atoms with Crippen LogP contribution in [0.2, 0.25) is 0 Å². The lowest BCUT2D eigenvalue weighted by Gasteiger charge is -1.75. The summed E-state index contributed by atoms with van der Waals surface area (Å²) in [6.07, 6.45) is 17.0. The molecule has 0 saturated heterocycles. The fourth-order valence-electron chi connectivity index (χ4n) is 1.19. The monoisotopic (exact) mass is 168 g/mol. The van der Waals surface area contributed by atoms with Gasteiger partial charge in [-0.15, -0.1) is 0 Å². The van der Waals surface area contributed by atoms with Crippen molar-refractivity contribution in [3.05, 3.63) is 64.7 Å². The molecule has 0 aromatic heterocycles. The summed E-state index contributed by atoms with van der Waals surface area (Å²) in [6, 6.07) is 2.92. The van der Waals surface area contributed by atoms with Crippen LogP contribution in [0.25, 0.3) is 4.85 Å². The molecule has 0 radical (unpaired) electrons. The Labute approximate surface area is 77.9 Å². The molecule has 2 aliphatic rings. The van der Waals surface area contributed by atoms with Crippen LogP contribution in [0.15, 0.2) is 59.9 Å². The van der Waals surface area contributed by atoms with Gasteiger partial charge in [0.1, 0.15) is 0 Å². The van der Waals surface area contributed by atoms with Crippen LogP contribution < -0.4 is 0 Å². The quantitative estimate of drug-likeness (QED) is 0.489. The molecule has 0 fully saturated rings. The summed E-state index contributed by atoms with van der Waals surface area (Å²) in [5, 5.41) is 0. The maximum atomic E-state index is 4.19. The van der Waals surface area contributed by atoms with Gasteiger partial charge in [0, 0.05) is 6.08 Å². The third kappa shape index (κ3) is 2.07. The van der Waals surface area contributed by atoms with E-state index in [1.165, 1.54) is 0 Å². The van der Waals surface area contributed by atoms with Gasteiger partial charge < -0.3 is 0 Å². The first kappa shape index (κ1) is 7.82. The van der Waals surface area contributed by atoms with Gasteiger partial charge in [-0.2, -0.15) is 0 Å². The Hall–Kier alpha value is -1.81. The minimum absolute atomic E-state index is 0.932. The zero-order valence-electron chi connectivity index (χ0n) is 7.27. The topological polar surface area (TPSA) is 4.36 Å². The Bertz CT molecular complexity index is 392. The number of hydrogen-bond donors (Lipinski definition) is 0. The predicted molar refractivity (Wildman–Crippen MR) is 55.5 cm³/mol. The highest BCUT2D eigenvalue weighted by Crippen LogP contribution is 2.11. The second-order valence-corrected chi connectivity index (χ2v) is 2.89. The molecule has 0 aromatic carbocycles. The van der Waals surface area contributed by atoms with Crippen LogP contribution in [0.4, 0.5) is 0 Å². The fourth-order valence-corrected chi connectivity index (χ4v) is 1.19. The first-order valence-electron chi connectivity index (χ1n) is 4.32. The largest absolute Gasteiger partial charge is 0.321 e. The minimum atomic E-state index is 0.932. The first-order valence-corrected chi connectivity index (χ1v) is 4.32. The molecular weight excluding hydrogens is 158 g/mol. The van der Waals surface area contributed by atoms with Crippen LogP contribution in [-0.4, -0.2) is 0 Å². The molecule has 0 N–H and O–H groups in total. The lowest BCUT2D eigenvalue weighted by Crippen LogP contribution is -1.65. The molecule has 0 amide bonds. The van der Waals surface area contributed by atoms with Gasteiger partial charge in [0.25, 0.3) is 0 Å². The fraction of sp³-hybridized carbons (Fsp3) is 0.0833. The number of rotatable bonds is 0. The number of hydrogen-bond acceptors (Lipinski definition) is 0. The zero-order chi connectivity index (χ0) is 8.93. The van der Waals surface area contributed by atoms with Crippen molar-refractivity contribution < 1.29 is 0 Å². The van der Waals surface area contributed by atoms with Gasteiger partial charge in [0.2, 0.25) is 0 Å². The second-order valence-electron chi connectivity index (χ2n) is 2.89. The highest BCUT2D eigenvalue weighted by atomic mass is 14.7. The molecule has 62 valence electrons. The average Bonchev–Trinajstić information content (AvgIpc) is 2.75. The maximum absolute atomic E-state index is 4.19. The van der Waals surface area contributed by atoms with Crippen molar-refractivity contribution in [3.63, 3.8) is 0 Å². The predicted octanol–water partition coefficient (Wildman–Crippen LogP) is 3.22. The third-order valence-electron chi connectivity index (χ3n) is 1.88. The van der Waals surface area contributed by atoms with E-state index in [4.69, 9.17) is 0 Å². The standard InChI is InChI=1S/C12H10N/c1-2-6-11(5-1)9-10-13-12-7-3-4-8-12/h1-7,9H,8H2/q+1. The summed E-state index contributed by atoms with van der Waals surface area (Å²) in [5.41, 5.74) is 2.22. The average molecular weight is 168 g/mol. The lowest BCUT2D eigenvalue weighted by molar-refractivity contribution is 1.33. The number of nitrogens with zero attached hydrogens (tertiary/aromatic N) is 1. The van der Waals surface area contributed by atoms with Crippen molar-refractivity contribution >= 4 is 0 Å². The van der Waals surface area contributed by atoms with Crippen LogP contribution in [0.3, 0.4) is 0 Å². The normalized spacial score (nSPS) is 17.2. The van der Waals surface area contributed by atoms with E-state index in [9.17, 15) is 0 Å². The van der Waals surface area contributed by atoms with E-state index in [0.29, 0.717) is 0 Å². The molecule has 0 saturated carbocycles. The SMILES string of the molecule is C(C=C1C=CC=C1)#[N+]C1=CC=CC1. The van der Waals surface area contributed by atoms with Crippen molar-refractivity contribution in [2.24, 2.45) is 0 Å². The second kappa shape index (κ2) is 3.73. The van der Waals surface area contributed by atoms with Crippen LogP contribution >= 0.6 is 0 Å². The summed E-state index contributed by atoms with van der Waals surface area (Å²) in [4.78, 5) is 4.19. The van der Waals surface area contributed by atoms with Crippen molar-refractivity contribution in [1.82, 2.24) is 0 Å². The zero-order valence-corrected chi connectivity index (χ0v) is 7.27. The van der Waals surface area contributed by atoms with E-state index in [0.717, 1.165) is 17.7 Å². The van der Waals surface area contributed by atoms with E-state index in [1.54, 1.807) is 0 Å². The lowest BCUT2D eigenvalue weighted by atomic mass is 10.3. The van der Waals surface area contributed by atoms with Crippen molar-refractivity contribution in [3.8, 4) is 6.07 Å². The van der Waals surface area contributed by atoms with E-state index in [-0.39, 0.29) is 0 Å². The highest BCUT2D eigenvalue weighted by molar-refractivity contribution is 5.44. The van der Waals surface area contributed by atoms with Crippen LogP contribution in [0.5, 0.6) is 0 Å². The summed E-state index contributed by atoms with van der Waals surface area (Å²) >= 11 is 0. The van der Waals surface area contributed by atoms with Gasteiger partial charge in [-0.1, -0.05) is 36.5 Å². The molecule has 2 aliphatic carbocycles. The molecule has 0 unspecified atom stereocenters. The van der Waals surface area contributed by atoms with Gasteiger partial charge >= 0.3 is 11.8 Å².